The van der Waals surface area contributed by atoms with Crippen LogP contribution < -0.4 is 4.90 Å². The van der Waals surface area contributed by atoms with Gasteiger partial charge in [0.05, 0.1) is 11.8 Å². The van der Waals surface area contributed by atoms with E-state index < -0.39 is 29.3 Å². The molecule has 1 unspecified atom stereocenters. The van der Waals surface area contributed by atoms with Gasteiger partial charge in [0.15, 0.2) is 11.5 Å². The van der Waals surface area contributed by atoms with Crippen molar-refractivity contribution in [2.24, 2.45) is 0 Å². The molecule has 7 heteroatoms. The van der Waals surface area contributed by atoms with Gasteiger partial charge in [-0.3, -0.25) is 14.5 Å². The highest BCUT2D eigenvalue weighted by Gasteiger charge is 2.46. The van der Waals surface area contributed by atoms with Gasteiger partial charge in [0.2, 0.25) is 5.78 Å². The number of carbonyl (C=O) groups is 2. The Bertz CT molecular complexity index is 1050. The Labute approximate surface area is 153 Å². The number of aryl methyl sites for hydroxylation is 1. The number of benzene rings is 1. The number of carbonyl (C=O) groups excluding carboxylic acids is 2. The van der Waals surface area contributed by atoms with E-state index >= 15 is 0 Å². The largest absolute Gasteiger partial charge is 0.503 e. The standard InChI is InChI=1S/C20H14FNO5/c1-11-4-9-14(27-11)17-16(18(23)15-3-2-10-26-15)19(24)20(25)22(17)13-7-5-12(21)6-8-13/h2-10,17,24H,1H3. The number of Topliss-reactive ketones (excluding diaryl/α,β-unsaturated/α-hetero) is 1. The van der Waals surface area contributed by atoms with Crippen molar-refractivity contribution in [2.45, 2.75) is 13.0 Å². The van der Waals surface area contributed by atoms with Gasteiger partial charge in [-0.2, -0.15) is 0 Å². The lowest BCUT2D eigenvalue weighted by Crippen LogP contribution is -2.30. The van der Waals surface area contributed by atoms with Crippen molar-refractivity contribution in [3.05, 3.63) is 89.2 Å². The van der Waals surface area contributed by atoms with E-state index in [-0.39, 0.29) is 11.3 Å². The maximum atomic E-state index is 13.3. The van der Waals surface area contributed by atoms with Gasteiger partial charge in [0.25, 0.3) is 5.91 Å². The number of hydrogen-bond acceptors (Lipinski definition) is 5. The van der Waals surface area contributed by atoms with Crippen LogP contribution >= 0.6 is 0 Å². The Morgan fingerprint density at radius 3 is 2.48 bits per heavy atom. The van der Waals surface area contributed by atoms with Crippen molar-refractivity contribution >= 4 is 17.4 Å². The van der Waals surface area contributed by atoms with Crippen LogP contribution in [-0.4, -0.2) is 16.8 Å². The summed E-state index contributed by atoms with van der Waals surface area (Å²) in [5.41, 5.74) is 0.155. The fourth-order valence-corrected chi connectivity index (χ4v) is 3.12. The molecule has 0 radical (unpaired) electrons. The lowest BCUT2D eigenvalue weighted by Gasteiger charge is -2.24. The second-order valence-electron chi connectivity index (χ2n) is 6.07. The number of rotatable bonds is 4. The molecule has 27 heavy (non-hydrogen) atoms. The van der Waals surface area contributed by atoms with E-state index in [0.29, 0.717) is 17.2 Å². The van der Waals surface area contributed by atoms with Crippen LogP contribution in [-0.2, 0) is 4.79 Å². The van der Waals surface area contributed by atoms with E-state index in [9.17, 15) is 19.1 Å². The summed E-state index contributed by atoms with van der Waals surface area (Å²) in [5.74, 6) is -1.72. The fraction of sp³-hybridized carbons (Fsp3) is 0.100. The molecule has 1 amide bonds. The quantitative estimate of drug-likeness (QED) is 0.702. The Kier molecular flexibility index (Phi) is 3.92. The average Bonchev–Trinajstić information content (AvgIpc) is 3.37. The first-order chi connectivity index (χ1) is 13.0. The third kappa shape index (κ3) is 2.73. The predicted molar refractivity (Wildman–Crippen MR) is 92.8 cm³/mol. The average molecular weight is 367 g/mol. The third-order valence-corrected chi connectivity index (χ3v) is 4.33. The summed E-state index contributed by atoms with van der Waals surface area (Å²) in [4.78, 5) is 26.9. The molecule has 1 aromatic carbocycles. The van der Waals surface area contributed by atoms with Crippen molar-refractivity contribution in [1.29, 1.82) is 0 Å². The zero-order valence-corrected chi connectivity index (χ0v) is 14.2. The number of aliphatic hydroxyl groups excluding tert-OH is 1. The van der Waals surface area contributed by atoms with Crippen LogP contribution in [0.15, 0.2) is 75.0 Å². The molecule has 136 valence electrons. The predicted octanol–water partition coefficient (Wildman–Crippen LogP) is 4.10. The Morgan fingerprint density at radius 1 is 1.15 bits per heavy atom. The SMILES string of the molecule is Cc1ccc(C2C(C(=O)c3ccco3)=C(O)C(=O)N2c2ccc(F)cc2)o1. The zero-order valence-electron chi connectivity index (χ0n) is 14.2. The van der Waals surface area contributed by atoms with E-state index in [1.807, 2.05) is 0 Å². The van der Waals surface area contributed by atoms with Crippen molar-refractivity contribution < 1.29 is 27.9 Å². The van der Waals surface area contributed by atoms with Gasteiger partial charge in [-0.15, -0.1) is 0 Å². The molecule has 0 bridgehead atoms. The number of halogens is 1. The monoisotopic (exact) mass is 367 g/mol. The maximum Gasteiger partial charge on any atom is 0.294 e. The number of hydrogen-bond donors (Lipinski definition) is 1. The van der Waals surface area contributed by atoms with Crippen LogP contribution in [0.3, 0.4) is 0 Å². The molecule has 3 aromatic rings. The van der Waals surface area contributed by atoms with Crippen LogP contribution in [0.25, 0.3) is 0 Å². The summed E-state index contributed by atoms with van der Waals surface area (Å²) in [6.07, 6.45) is 1.32. The highest BCUT2D eigenvalue weighted by Crippen LogP contribution is 2.42. The van der Waals surface area contributed by atoms with Gasteiger partial charge in [0, 0.05) is 5.69 Å². The Morgan fingerprint density at radius 2 is 1.89 bits per heavy atom. The summed E-state index contributed by atoms with van der Waals surface area (Å²) >= 11 is 0. The minimum Gasteiger partial charge on any atom is -0.503 e. The molecule has 1 aliphatic heterocycles. The van der Waals surface area contributed by atoms with E-state index in [2.05, 4.69) is 0 Å². The lowest BCUT2D eigenvalue weighted by atomic mass is 9.99. The molecule has 0 saturated heterocycles. The van der Waals surface area contributed by atoms with Crippen molar-refractivity contribution in [3.8, 4) is 0 Å². The number of amides is 1. The Hall–Kier alpha value is -3.61. The van der Waals surface area contributed by atoms with Gasteiger partial charge in [-0.1, -0.05) is 0 Å². The molecule has 2 aromatic heterocycles. The molecule has 1 aliphatic rings. The first-order valence-electron chi connectivity index (χ1n) is 8.14. The van der Waals surface area contributed by atoms with E-state index in [4.69, 9.17) is 8.83 Å². The van der Waals surface area contributed by atoms with Gasteiger partial charge in [0.1, 0.15) is 23.4 Å². The molecule has 0 fully saturated rings. The molecule has 1 atom stereocenters. The molecular weight excluding hydrogens is 353 g/mol. The molecular formula is C20H14FNO5. The molecule has 6 nitrogen and oxygen atoms in total. The van der Waals surface area contributed by atoms with Gasteiger partial charge < -0.3 is 13.9 Å². The minimum atomic E-state index is -1.01. The number of aliphatic hydroxyl groups is 1. The molecule has 0 spiro atoms. The van der Waals surface area contributed by atoms with Gasteiger partial charge >= 0.3 is 0 Å². The van der Waals surface area contributed by atoms with Crippen LogP contribution in [0.4, 0.5) is 10.1 Å². The minimum absolute atomic E-state index is 0.0152. The second kappa shape index (κ2) is 6.28. The van der Waals surface area contributed by atoms with Crippen LogP contribution in [0.5, 0.6) is 0 Å². The van der Waals surface area contributed by atoms with E-state index in [1.165, 1.54) is 47.6 Å². The molecule has 0 saturated carbocycles. The molecule has 3 heterocycles. The number of nitrogens with zero attached hydrogens (tertiary/aromatic N) is 1. The van der Waals surface area contributed by atoms with Crippen molar-refractivity contribution in [1.82, 2.24) is 0 Å². The third-order valence-electron chi connectivity index (χ3n) is 4.33. The van der Waals surface area contributed by atoms with Gasteiger partial charge in [-0.05, 0) is 55.5 Å². The summed E-state index contributed by atoms with van der Waals surface area (Å²) in [6, 6.07) is 10.4. The topological polar surface area (TPSA) is 83.9 Å². The summed E-state index contributed by atoms with van der Waals surface area (Å²) in [6.45, 7) is 1.72. The molecule has 0 aliphatic carbocycles. The lowest BCUT2D eigenvalue weighted by molar-refractivity contribution is -0.117. The fourth-order valence-electron chi connectivity index (χ4n) is 3.12. The highest BCUT2D eigenvalue weighted by atomic mass is 19.1. The normalized spacial score (nSPS) is 17.0. The highest BCUT2D eigenvalue weighted by molar-refractivity contribution is 6.20. The smallest absolute Gasteiger partial charge is 0.294 e. The summed E-state index contributed by atoms with van der Waals surface area (Å²) in [5, 5.41) is 10.5. The summed E-state index contributed by atoms with van der Waals surface area (Å²) < 4.78 is 24.1. The molecule has 4 rings (SSSR count). The Balaban J connectivity index is 1.87. The van der Waals surface area contributed by atoms with Gasteiger partial charge in [-0.25, -0.2) is 4.39 Å². The number of anilines is 1. The van der Waals surface area contributed by atoms with E-state index in [0.717, 1.165) is 0 Å². The van der Waals surface area contributed by atoms with Crippen LogP contribution in [0.1, 0.15) is 28.1 Å². The van der Waals surface area contributed by atoms with E-state index in [1.54, 1.807) is 19.1 Å². The summed E-state index contributed by atoms with van der Waals surface area (Å²) in [7, 11) is 0. The second-order valence-corrected chi connectivity index (χ2v) is 6.07. The van der Waals surface area contributed by atoms with Crippen molar-refractivity contribution in [3.63, 3.8) is 0 Å². The van der Waals surface area contributed by atoms with Crippen molar-refractivity contribution in [2.75, 3.05) is 4.90 Å². The first-order valence-corrected chi connectivity index (χ1v) is 8.14. The number of ketones is 1. The number of furan rings is 2. The van der Waals surface area contributed by atoms with Crippen LogP contribution in [0.2, 0.25) is 0 Å². The zero-order chi connectivity index (χ0) is 19.1. The molecule has 1 N–H and O–H groups in total. The first kappa shape index (κ1) is 16.8. The van der Waals surface area contributed by atoms with Crippen LogP contribution in [0, 0.1) is 12.7 Å². The maximum absolute atomic E-state index is 13.3.